The van der Waals surface area contributed by atoms with Gasteiger partial charge in [0.15, 0.2) is 0 Å². The Morgan fingerprint density at radius 3 is 2.39 bits per heavy atom. The van der Waals surface area contributed by atoms with Crippen molar-refractivity contribution in [2.24, 2.45) is 5.92 Å². The van der Waals surface area contributed by atoms with E-state index in [9.17, 15) is 9.59 Å². The van der Waals surface area contributed by atoms with Gasteiger partial charge in [-0.25, -0.2) is 4.79 Å². The molecule has 0 bridgehead atoms. The van der Waals surface area contributed by atoms with Crippen LogP contribution in [0.1, 0.15) is 30.6 Å². The monoisotopic (exact) mass is 429 g/mol. The molecule has 2 rings (SSSR count). The first-order valence-electron chi connectivity index (χ1n) is 9.75. The van der Waals surface area contributed by atoms with Gasteiger partial charge in [0.2, 0.25) is 11.8 Å². The van der Waals surface area contributed by atoms with Crippen LogP contribution in [0.5, 0.6) is 23.5 Å². The van der Waals surface area contributed by atoms with Crippen LogP contribution in [0.25, 0.3) is 0 Å². The summed E-state index contributed by atoms with van der Waals surface area (Å²) in [4.78, 5) is 33.6. The third kappa shape index (κ3) is 6.43. The average Bonchev–Trinajstić information content (AvgIpc) is 2.80. The van der Waals surface area contributed by atoms with Crippen LogP contribution in [-0.2, 0) is 9.53 Å². The predicted octanol–water partition coefficient (Wildman–Crippen LogP) is 3.16. The van der Waals surface area contributed by atoms with Crippen LogP contribution in [0.3, 0.4) is 0 Å². The number of nitrogens with zero attached hydrogens (tertiary/aromatic N) is 2. The number of carbonyl (C=O) groups excluding carboxylic acids is 2. The van der Waals surface area contributed by atoms with Crippen molar-refractivity contribution in [2.45, 2.75) is 26.3 Å². The zero-order valence-electron chi connectivity index (χ0n) is 18.1. The highest BCUT2D eigenvalue weighted by molar-refractivity contribution is 5.99. The molecule has 9 heteroatoms. The van der Waals surface area contributed by atoms with Gasteiger partial charge in [0, 0.05) is 0 Å². The van der Waals surface area contributed by atoms with Crippen molar-refractivity contribution in [1.82, 2.24) is 15.3 Å². The lowest BCUT2D eigenvalue weighted by Gasteiger charge is -2.23. The fraction of sp³-hybridized carbons (Fsp3) is 0.364. The topological polar surface area (TPSA) is 109 Å². The molecule has 1 amide bonds. The number of ether oxygens (including phenoxy) is 4. The lowest BCUT2D eigenvalue weighted by atomic mass is 9.98. The maximum atomic E-state index is 13.0. The summed E-state index contributed by atoms with van der Waals surface area (Å²) >= 11 is 0. The number of esters is 1. The summed E-state index contributed by atoms with van der Waals surface area (Å²) in [7, 11) is 2.90. The number of rotatable bonds is 11. The third-order valence-corrected chi connectivity index (χ3v) is 4.51. The van der Waals surface area contributed by atoms with Crippen LogP contribution < -0.4 is 19.5 Å². The van der Waals surface area contributed by atoms with Crippen molar-refractivity contribution >= 4 is 11.9 Å². The summed E-state index contributed by atoms with van der Waals surface area (Å²) in [6, 6.07) is 7.18. The predicted molar refractivity (Wildman–Crippen MR) is 114 cm³/mol. The van der Waals surface area contributed by atoms with E-state index < -0.39 is 17.9 Å². The normalized spacial score (nSPS) is 12.3. The first kappa shape index (κ1) is 23.7. The molecule has 0 aliphatic carbocycles. The number of benzene rings is 1. The van der Waals surface area contributed by atoms with E-state index in [0.717, 1.165) is 0 Å². The highest BCUT2D eigenvalue weighted by atomic mass is 16.5. The maximum Gasteiger partial charge on any atom is 0.329 e. The minimum absolute atomic E-state index is 0.0553. The molecule has 1 aromatic carbocycles. The van der Waals surface area contributed by atoms with Gasteiger partial charge in [-0.05, 0) is 18.1 Å². The van der Waals surface area contributed by atoms with E-state index in [0.29, 0.717) is 6.42 Å². The molecule has 2 aromatic rings. The average molecular weight is 429 g/mol. The molecule has 0 saturated heterocycles. The van der Waals surface area contributed by atoms with Gasteiger partial charge in [0.1, 0.15) is 18.4 Å². The molecule has 0 aliphatic heterocycles. The molecule has 0 radical (unpaired) electrons. The van der Waals surface area contributed by atoms with Gasteiger partial charge < -0.3 is 24.3 Å². The molecular weight excluding hydrogens is 402 g/mol. The Morgan fingerprint density at radius 2 is 1.81 bits per heavy atom. The Kier molecular flexibility index (Phi) is 8.80. The number of aromatic nitrogens is 2. The number of methoxy groups -OCH3 is 2. The van der Waals surface area contributed by atoms with E-state index in [1.807, 2.05) is 13.8 Å². The first-order valence-corrected chi connectivity index (χ1v) is 9.75. The largest absolute Gasteiger partial charge is 0.481 e. The minimum Gasteiger partial charge on any atom is -0.481 e. The summed E-state index contributed by atoms with van der Waals surface area (Å²) in [6.45, 7) is 7.38. The fourth-order valence-electron chi connectivity index (χ4n) is 2.60. The van der Waals surface area contributed by atoms with Gasteiger partial charge in [-0.2, -0.15) is 9.97 Å². The second-order valence-electron chi connectivity index (χ2n) is 6.59. The van der Waals surface area contributed by atoms with Gasteiger partial charge in [0.25, 0.3) is 5.91 Å². The second-order valence-corrected chi connectivity index (χ2v) is 6.59. The lowest BCUT2D eigenvalue weighted by molar-refractivity contribution is -0.146. The van der Waals surface area contributed by atoms with Crippen LogP contribution in [-0.4, -0.2) is 48.7 Å². The van der Waals surface area contributed by atoms with Crippen LogP contribution in [0.2, 0.25) is 0 Å². The highest BCUT2D eigenvalue weighted by Crippen LogP contribution is 2.26. The molecule has 166 valence electrons. The number of hydrogen-bond donors (Lipinski definition) is 1. The Balaban J connectivity index is 2.28. The summed E-state index contributed by atoms with van der Waals surface area (Å²) in [6.07, 6.45) is 2.14. The van der Waals surface area contributed by atoms with Crippen molar-refractivity contribution in [3.63, 3.8) is 0 Å². The molecule has 31 heavy (non-hydrogen) atoms. The molecule has 2 unspecified atom stereocenters. The van der Waals surface area contributed by atoms with E-state index in [-0.39, 0.29) is 41.6 Å². The van der Waals surface area contributed by atoms with E-state index in [4.69, 9.17) is 18.9 Å². The van der Waals surface area contributed by atoms with E-state index in [1.165, 1.54) is 26.4 Å². The minimum atomic E-state index is -0.821. The summed E-state index contributed by atoms with van der Waals surface area (Å²) in [5.41, 5.74) is 0.206. The summed E-state index contributed by atoms with van der Waals surface area (Å²) in [5.74, 6) is -0.470. The van der Waals surface area contributed by atoms with E-state index in [2.05, 4.69) is 21.9 Å². The highest BCUT2D eigenvalue weighted by Gasteiger charge is 2.28. The lowest BCUT2D eigenvalue weighted by Crippen LogP contribution is -2.46. The van der Waals surface area contributed by atoms with Gasteiger partial charge in [-0.1, -0.05) is 45.1 Å². The molecule has 1 heterocycles. The second kappa shape index (κ2) is 11.5. The number of amides is 1. The van der Waals surface area contributed by atoms with Crippen LogP contribution in [0.4, 0.5) is 0 Å². The first-order chi connectivity index (χ1) is 14.9. The quantitative estimate of drug-likeness (QED) is 0.429. The Hall–Kier alpha value is -3.62. The molecule has 1 aromatic heterocycles. The zero-order valence-corrected chi connectivity index (χ0v) is 18.1. The summed E-state index contributed by atoms with van der Waals surface area (Å²) < 4.78 is 21.1. The van der Waals surface area contributed by atoms with Gasteiger partial charge in [-0.15, -0.1) is 0 Å². The summed E-state index contributed by atoms with van der Waals surface area (Å²) in [5, 5.41) is 2.75. The van der Waals surface area contributed by atoms with Crippen LogP contribution in [0.15, 0.2) is 43.0 Å². The molecular formula is C22H27N3O6. The molecule has 0 aliphatic rings. The van der Waals surface area contributed by atoms with E-state index >= 15 is 0 Å². The smallest absolute Gasteiger partial charge is 0.329 e. The van der Waals surface area contributed by atoms with Gasteiger partial charge in [0.05, 0.1) is 25.8 Å². The van der Waals surface area contributed by atoms with Crippen LogP contribution >= 0.6 is 0 Å². The maximum absolute atomic E-state index is 13.0. The number of para-hydroxylation sites is 1. The molecule has 1 N–H and O–H groups in total. The SMILES string of the molecule is C=CCOC(=O)C(NC(=O)c1ccccc1Oc1nc(OC)cc(OC)n1)C(C)CC. The fourth-order valence-corrected chi connectivity index (χ4v) is 2.60. The van der Waals surface area contributed by atoms with Crippen LogP contribution in [0, 0.1) is 5.92 Å². The van der Waals surface area contributed by atoms with Crippen molar-refractivity contribution in [3.05, 3.63) is 48.6 Å². The van der Waals surface area contributed by atoms with E-state index in [1.54, 1.807) is 24.3 Å². The number of hydrogen-bond acceptors (Lipinski definition) is 8. The van der Waals surface area contributed by atoms with Crippen molar-refractivity contribution in [1.29, 1.82) is 0 Å². The third-order valence-electron chi connectivity index (χ3n) is 4.51. The Morgan fingerprint density at radius 1 is 1.16 bits per heavy atom. The number of nitrogens with one attached hydrogen (secondary N) is 1. The molecule has 9 nitrogen and oxygen atoms in total. The molecule has 0 saturated carbocycles. The number of carbonyl (C=O) groups is 2. The Labute approximate surface area is 181 Å². The standard InChI is InChI=1S/C22H27N3O6/c1-6-12-30-21(27)19(14(3)7-2)25-20(26)15-10-8-9-11-16(15)31-22-23-17(28-4)13-18(24-22)29-5/h6,8-11,13-14,19H,1,7,12H2,2-5H3,(H,25,26). The van der Waals surface area contributed by atoms with Gasteiger partial charge in [-0.3, -0.25) is 4.79 Å². The van der Waals surface area contributed by atoms with Crippen molar-refractivity contribution < 1.29 is 28.5 Å². The van der Waals surface area contributed by atoms with Crippen molar-refractivity contribution in [2.75, 3.05) is 20.8 Å². The van der Waals surface area contributed by atoms with Crippen molar-refractivity contribution in [3.8, 4) is 23.5 Å². The zero-order chi connectivity index (χ0) is 22.8. The van der Waals surface area contributed by atoms with Gasteiger partial charge >= 0.3 is 12.0 Å². The Bertz CT molecular complexity index is 896. The molecule has 0 fully saturated rings. The molecule has 0 spiro atoms. The molecule has 2 atom stereocenters.